The number of hydrogen-bond donors (Lipinski definition) is 1. The summed E-state index contributed by atoms with van der Waals surface area (Å²) in [6, 6.07) is 7.52. The lowest BCUT2D eigenvalue weighted by atomic mass is 9.74. The summed E-state index contributed by atoms with van der Waals surface area (Å²) in [6.45, 7) is 2.18. The van der Waals surface area contributed by atoms with Crippen LogP contribution in [-0.2, 0) is 9.59 Å². The highest BCUT2D eigenvalue weighted by atomic mass is 16.2. The molecule has 1 aromatic rings. The lowest BCUT2D eigenvalue weighted by Gasteiger charge is -2.39. The van der Waals surface area contributed by atoms with Crippen molar-refractivity contribution in [3.63, 3.8) is 0 Å². The van der Waals surface area contributed by atoms with Gasteiger partial charge >= 0.3 is 0 Å². The highest BCUT2D eigenvalue weighted by Crippen LogP contribution is 2.40. The van der Waals surface area contributed by atoms with Gasteiger partial charge in [-0.2, -0.15) is 0 Å². The summed E-state index contributed by atoms with van der Waals surface area (Å²) >= 11 is 0. The highest BCUT2D eigenvalue weighted by molar-refractivity contribution is 6.11. The SMILES string of the molecule is CC1(C(=O)N2CC(=O)Nc3ccccc32)CCCCC1. The van der Waals surface area contributed by atoms with Crippen molar-refractivity contribution < 1.29 is 9.59 Å². The van der Waals surface area contributed by atoms with Crippen LogP contribution in [0.5, 0.6) is 0 Å². The fourth-order valence-corrected chi connectivity index (χ4v) is 3.29. The molecule has 1 fully saturated rings. The summed E-state index contributed by atoms with van der Waals surface area (Å²) < 4.78 is 0. The lowest BCUT2D eigenvalue weighted by molar-refractivity contribution is -0.130. The zero-order chi connectivity index (χ0) is 14.2. The van der Waals surface area contributed by atoms with Crippen molar-refractivity contribution in [3.8, 4) is 0 Å². The first kappa shape index (κ1) is 13.2. The number of amides is 2. The molecule has 1 aliphatic carbocycles. The van der Waals surface area contributed by atoms with Crippen molar-refractivity contribution in [2.45, 2.75) is 39.0 Å². The van der Waals surface area contributed by atoms with Gasteiger partial charge in [-0.1, -0.05) is 38.3 Å². The largest absolute Gasteiger partial charge is 0.323 e. The summed E-state index contributed by atoms with van der Waals surface area (Å²) in [5, 5.41) is 2.83. The minimum absolute atomic E-state index is 0.0968. The van der Waals surface area contributed by atoms with Gasteiger partial charge in [0.25, 0.3) is 0 Å². The molecule has 4 nitrogen and oxygen atoms in total. The van der Waals surface area contributed by atoms with Crippen molar-refractivity contribution in [1.82, 2.24) is 0 Å². The number of rotatable bonds is 1. The van der Waals surface area contributed by atoms with Crippen molar-refractivity contribution >= 4 is 23.2 Å². The smallest absolute Gasteiger partial charge is 0.244 e. The van der Waals surface area contributed by atoms with Gasteiger partial charge < -0.3 is 10.2 Å². The summed E-state index contributed by atoms with van der Waals surface area (Å²) in [7, 11) is 0. The van der Waals surface area contributed by atoms with Crippen LogP contribution >= 0.6 is 0 Å². The maximum Gasteiger partial charge on any atom is 0.244 e. The van der Waals surface area contributed by atoms with Crippen LogP contribution < -0.4 is 10.2 Å². The van der Waals surface area contributed by atoms with E-state index >= 15 is 0 Å². The molecule has 0 bridgehead atoms. The van der Waals surface area contributed by atoms with Crippen molar-refractivity contribution in [3.05, 3.63) is 24.3 Å². The normalized spacial score (nSPS) is 21.1. The van der Waals surface area contributed by atoms with E-state index in [-0.39, 0.29) is 23.8 Å². The predicted molar refractivity (Wildman–Crippen MR) is 78.6 cm³/mol. The number of para-hydroxylation sites is 2. The molecule has 3 rings (SSSR count). The number of benzene rings is 1. The Bertz CT molecular complexity index is 547. The van der Waals surface area contributed by atoms with E-state index < -0.39 is 0 Å². The number of carbonyl (C=O) groups excluding carboxylic acids is 2. The van der Waals surface area contributed by atoms with Crippen LogP contribution in [0.4, 0.5) is 11.4 Å². The molecule has 1 heterocycles. The van der Waals surface area contributed by atoms with Crippen LogP contribution in [0.2, 0.25) is 0 Å². The van der Waals surface area contributed by atoms with E-state index in [1.165, 1.54) is 6.42 Å². The van der Waals surface area contributed by atoms with E-state index in [4.69, 9.17) is 0 Å². The van der Waals surface area contributed by atoms with Crippen LogP contribution in [0.1, 0.15) is 39.0 Å². The fourth-order valence-electron chi connectivity index (χ4n) is 3.29. The number of fused-ring (bicyclic) bond motifs is 1. The Hall–Kier alpha value is -1.84. The van der Waals surface area contributed by atoms with Gasteiger partial charge in [-0.3, -0.25) is 9.59 Å². The van der Waals surface area contributed by atoms with Gasteiger partial charge in [0.15, 0.2) is 0 Å². The molecule has 1 N–H and O–H groups in total. The minimum Gasteiger partial charge on any atom is -0.323 e. The molecular weight excluding hydrogens is 252 g/mol. The second-order valence-corrected chi connectivity index (χ2v) is 6.08. The third-order valence-electron chi connectivity index (χ3n) is 4.49. The topological polar surface area (TPSA) is 49.4 Å². The molecule has 0 saturated heterocycles. The van der Waals surface area contributed by atoms with Crippen molar-refractivity contribution in [1.29, 1.82) is 0 Å². The minimum atomic E-state index is -0.316. The number of hydrogen-bond acceptors (Lipinski definition) is 2. The molecule has 4 heteroatoms. The third-order valence-corrected chi connectivity index (χ3v) is 4.49. The fraction of sp³-hybridized carbons (Fsp3) is 0.500. The van der Waals surface area contributed by atoms with Gasteiger partial charge in [0, 0.05) is 5.41 Å². The van der Waals surface area contributed by atoms with E-state index in [9.17, 15) is 9.59 Å². The Labute approximate surface area is 119 Å². The highest BCUT2D eigenvalue weighted by Gasteiger charge is 2.40. The molecule has 1 aliphatic heterocycles. The molecule has 1 saturated carbocycles. The van der Waals surface area contributed by atoms with Gasteiger partial charge in [-0.05, 0) is 25.0 Å². The number of carbonyl (C=O) groups is 2. The molecule has 1 aromatic carbocycles. The standard InChI is InChI=1S/C16H20N2O2/c1-16(9-5-2-6-10-16)15(20)18-11-14(19)17-12-7-3-4-8-13(12)18/h3-4,7-8H,2,5-6,9-11H2,1H3,(H,17,19). The lowest BCUT2D eigenvalue weighted by Crippen LogP contribution is -2.49. The molecule has 0 spiro atoms. The first-order valence-electron chi connectivity index (χ1n) is 7.31. The monoisotopic (exact) mass is 272 g/mol. The second-order valence-electron chi connectivity index (χ2n) is 6.08. The van der Waals surface area contributed by atoms with E-state index in [0.717, 1.165) is 37.1 Å². The molecule has 0 aromatic heterocycles. The second kappa shape index (κ2) is 4.93. The van der Waals surface area contributed by atoms with Gasteiger partial charge in [0.2, 0.25) is 11.8 Å². The maximum atomic E-state index is 12.9. The van der Waals surface area contributed by atoms with E-state index in [1.807, 2.05) is 31.2 Å². The summed E-state index contributed by atoms with van der Waals surface area (Å²) in [6.07, 6.45) is 5.26. The predicted octanol–water partition coefficient (Wildman–Crippen LogP) is 2.94. The van der Waals surface area contributed by atoms with Crippen LogP contribution in [-0.4, -0.2) is 18.4 Å². The van der Waals surface area contributed by atoms with Gasteiger partial charge in [-0.15, -0.1) is 0 Å². The van der Waals surface area contributed by atoms with Gasteiger partial charge in [-0.25, -0.2) is 0 Å². The molecule has 2 amide bonds. The first-order valence-corrected chi connectivity index (χ1v) is 7.31. The quantitative estimate of drug-likeness (QED) is 0.854. The molecule has 20 heavy (non-hydrogen) atoms. The summed E-state index contributed by atoms with van der Waals surface area (Å²) in [4.78, 5) is 26.4. The molecule has 0 atom stereocenters. The summed E-state index contributed by atoms with van der Waals surface area (Å²) in [5.74, 6) is -0.0176. The zero-order valence-electron chi connectivity index (χ0n) is 11.8. The summed E-state index contributed by atoms with van der Waals surface area (Å²) in [5.41, 5.74) is 1.24. The molecule has 106 valence electrons. The number of nitrogens with zero attached hydrogens (tertiary/aromatic N) is 1. The average Bonchev–Trinajstić information content (AvgIpc) is 2.46. The Balaban J connectivity index is 1.93. The van der Waals surface area contributed by atoms with Crippen molar-refractivity contribution in [2.75, 3.05) is 16.8 Å². The third kappa shape index (κ3) is 2.19. The molecular formula is C16H20N2O2. The van der Waals surface area contributed by atoms with Crippen LogP contribution in [0.25, 0.3) is 0 Å². The Morgan fingerprint density at radius 2 is 1.90 bits per heavy atom. The van der Waals surface area contributed by atoms with Gasteiger partial charge in [0.05, 0.1) is 11.4 Å². The molecule has 0 radical (unpaired) electrons. The maximum absolute atomic E-state index is 12.9. The van der Waals surface area contributed by atoms with E-state index in [0.29, 0.717) is 0 Å². The van der Waals surface area contributed by atoms with E-state index in [2.05, 4.69) is 5.32 Å². The van der Waals surface area contributed by atoms with Crippen molar-refractivity contribution in [2.24, 2.45) is 5.41 Å². The van der Waals surface area contributed by atoms with Crippen LogP contribution in [0, 0.1) is 5.41 Å². The molecule has 2 aliphatic rings. The Morgan fingerprint density at radius 1 is 1.20 bits per heavy atom. The van der Waals surface area contributed by atoms with E-state index in [1.54, 1.807) is 4.90 Å². The Kier molecular flexibility index (Phi) is 3.24. The van der Waals surface area contributed by atoms with Crippen LogP contribution in [0.3, 0.4) is 0 Å². The zero-order valence-corrected chi connectivity index (χ0v) is 11.8. The average molecular weight is 272 g/mol. The van der Waals surface area contributed by atoms with Crippen LogP contribution in [0.15, 0.2) is 24.3 Å². The number of nitrogens with one attached hydrogen (secondary N) is 1. The Morgan fingerprint density at radius 3 is 2.65 bits per heavy atom. The first-order chi connectivity index (χ1) is 9.60. The molecule has 0 unspecified atom stereocenters. The van der Waals surface area contributed by atoms with Gasteiger partial charge in [0.1, 0.15) is 6.54 Å². The number of anilines is 2.